The highest BCUT2D eigenvalue weighted by atomic mass is 19.2. The van der Waals surface area contributed by atoms with Gasteiger partial charge in [-0.1, -0.05) is 0 Å². The predicted molar refractivity (Wildman–Crippen MR) is 109 cm³/mol. The lowest BCUT2D eigenvalue weighted by Gasteiger charge is -2.32. The second kappa shape index (κ2) is 7.18. The Balaban J connectivity index is 1.54. The highest BCUT2D eigenvalue weighted by Crippen LogP contribution is 2.37. The maximum atomic E-state index is 13.8. The Hall–Kier alpha value is -3.69. The number of halogens is 3. The van der Waals surface area contributed by atoms with E-state index in [0.717, 1.165) is 17.7 Å². The zero-order valence-corrected chi connectivity index (χ0v) is 17.6. The van der Waals surface area contributed by atoms with E-state index < -0.39 is 23.5 Å². The Morgan fingerprint density at radius 2 is 1.91 bits per heavy atom. The molecule has 5 rings (SSSR count). The minimum atomic E-state index is -1.51. The minimum Gasteiger partial charge on any atom is -0.328 e. The topological polar surface area (TPSA) is 68.3 Å². The molecule has 0 radical (unpaired) electrons. The van der Waals surface area contributed by atoms with Gasteiger partial charge in [-0.05, 0) is 38.5 Å². The first-order chi connectivity index (χ1) is 15.3. The molecule has 10 heteroatoms. The van der Waals surface area contributed by atoms with Crippen LogP contribution in [-0.2, 0) is 13.5 Å². The number of imidazole rings is 1. The zero-order chi connectivity index (χ0) is 22.7. The van der Waals surface area contributed by atoms with Crippen LogP contribution in [0.3, 0.4) is 0 Å². The first kappa shape index (κ1) is 20.2. The van der Waals surface area contributed by atoms with E-state index in [9.17, 15) is 18.0 Å². The van der Waals surface area contributed by atoms with Crippen molar-refractivity contribution in [2.75, 3.05) is 6.54 Å². The summed E-state index contributed by atoms with van der Waals surface area (Å²) in [5.74, 6) is -3.64. The molecule has 0 bridgehead atoms. The molecule has 1 atom stereocenters. The van der Waals surface area contributed by atoms with Gasteiger partial charge in [-0.25, -0.2) is 23.1 Å². The van der Waals surface area contributed by atoms with Gasteiger partial charge in [-0.2, -0.15) is 5.10 Å². The van der Waals surface area contributed by atoms with Crippen molar-refractivity contribution in [3.63, 3.8) is 0 Å². The van der Waals surface area contributed by atoms with Gasteiger partial charge in [-0.15, -0.1) is 0 Å². The summed E-state index contributed by atoms with van der Waals surface area (Å²) >= 11 is 0. The highest BCUT2D eigenvalue weighted by molar-refractivity contribution is 5.98. The summed E-state index contributed by atoms with van der Waals surface area (Å²) < 4.78 is 44.4. The molecule has 0 saturated heterocycles. The van der Waals surface area contributed by atoms with E-state index in [0.29, 0.717) is 35.8 Å². The first-order valence-corrected chi connectivity index (χ1v) is 10.1. The van der Waals surface area contributed by atoms with Crippen molar-refractivity contribution < 1.29 is 18.0 Å². The highest BCUT2D eigenvalue weighted by Gasteiger charge is 2.35. The van der Waals surface area contributed by atoms with E-state index in [2.05, 4.69) is 15.1 Å². The third kappa shape index (κ3) is 2.89. The summed E-state index contributed by atoms with van der Waals surface area (Å²) in [4.78, 5) is 23.8. The van der Waals surface area contributed by atoms with Crippen LogP contribution in [0.2, 0.25) is 0 Å². The van der Waals surface area contributed by atoms with Crippen molar-refractivity contribution in [2.45, 2.75) is 26.3 Å². The molecule has 4 aromatic rings. The Bertz CT molecular complexity index is 1370. The Labute approximate surface area is 181 Å². The lowest BCUT2D eigenvalue weighted by Crippen LogP contribution is -2.39. The van der Waals surface area contributed by atoms with E-state index in [-0.39, 0.29) is 17.2 Å². The number of aromatic nitrogens is 5. The third-order valence-electron chi connectivity index (χ3n) is 5.94. The summed E-state index contributed by atoms with van der Waals surface area (Å²) in [6.45, 7) is 4.01. The van der Waals surface area contributed by atoms with E-state index in [4.69, 9.17) is 0 Å². The molecule has 1 aliphatic heterocycles. The molecule has 0 spiro atoms. The molecule has 3 aromatic heterocycles. The standard InChI is InChI=1S/C22H19F3N6O/c1-11-18-14(20(29(3)28-18)13-9-15(23)17(25)16(24)10-13)5-8-30(11)22(32)19-21-26-6-4-7-31(21)12(2)27-19/h4,6-7,9-11H,5,8H2,1-3H3/t11-/m0/s1. The lowest BCUT2D eigenvalue weighted by molar-refractivity contribution is 0.0670. The van der Waals surface area contributed by atoms with Crippen LogP contribution in [0.15, 0.2) is 30.6 Å². The van der Waals surface area contributed by atoms with Crippen LogP contribution in [-0.4, -0.2) is 41.5 Å². The molecular formula is C22H19F3N6O. The fraction of sp³-hybridized carbons (Fsp3) is 0.273. The van der Waals surface area contributed by atoms with Gasteiger partial charge in [0.1, 0.15) is 5.82 Å². The number of carbonyl (C=O) groups is 1. The van der Waals surface area contributed by atoms with E-state index in [1.54, 1.807) is 41.7 Å². The third-order valence-corrected chi connectivity index (χ3v) is 5.94. The minimum absolute atomic E-state index is 0.199. The molecule has 0 unspecified atom stereocenters. The van der Waals surface area contributed by atoms with Gasteiger partial charge in [-0.3, -0.25) is 13.9 Å². The smallest absolute Gasteiger partial charge is 0.276 e. The summed E-state index contributed by atoms with van der Waals surface area (Å²) in [5, 5.41) is 4.53. The number of benzene rings is 1. The molecule has 1 amide bonds. The fourth-order valence-electron chi connectivity index (χ4n) is 4.43. The summed E-state index contributed by atoms with van der Waals surface area (Å²) in [6, 6.07) is 3.29. The molecule has 32 heavy (non-hydrogen) atoms. The summed E-state index contributed by atoms with van der Waals surface area (Å²) in [7, 11) is 1.65. The van der Waals surface area contributed by atoms with Crippen LogP contribution >= 0.6 is 0 Å². The van der Waals surface area contributed by atoms with Gasteiger partial charge >= 0.3 is 0 Å². The van der Waals surface area contributed by atoms with Crippen LogP contribution in [0.1, 0.15) is 40.5 Å². The predicted octanol–water partition coefficient (Wildman–Crippen LogP) is 3.62. The van der Waals surface area contributed by atoms with Crippen LogP contribution in [0.5, 0.6) is 0 Å². The SMILES string of the molecule is Cc1nc(C(=O)N2CCc3c(nn(C)c3-c3cc(F)c(F)c(F)c3)[C@@H]2C)c2ncccn12. The van der Waals surface area contributed by atoms with Crippen LogP contribution in [0, 0.1) is 24.4 Å². The van der Waals surface area contributed by atoms with Gasteiger partial charge in [0.05, 0.1) is 17.4 Å². The second-order valence-electron chi connectivity index (χ2n) is 7.84. The summed E-state index contributed by atoms with van der Waals surface area (Å²) in [5.41, 5.74) is 2.84. The second-order valence-corrected chi connectivity index (χ2v) is 7.84. The normalized spacial score (nSPS) is 15.9. The van der Waals surface area contributed by atoms with Crippen molar-refractivity contribution in [3.05, 3.63) is 70.8 Å². The average Bonchev–Trinajstić information content (AvgIpc) is 3.29. The molecule has 0 saturated carbocycles. The van der Waals surface area contributed by atoms with Gasteiger partial charge in [0, 0.05) is 37.1 Å². The van der Waals surface area contributed by atoms with E-state index in [1.165, 1.54) is 4.68 Å². The summed E-state index contributed by atoms with van der Waals surface area (Å²) in [6.07, 6.45) is 3.83. The number of hydrogen-bond donors (Lipinski definition) is 0. The van der Waals surface area contributed by atoms with Gasteiger partial charge in [0.15, 0.2) is 28.8 Å². The van der Waals surface area contributed by atoms with Crippen molar-refractivity contribution in [1.29, 1.82) is 0 Å². The molecule has 4 heterocycles. The van der Waals surface area contributed by atoms with Crippen molar-refractivity contribution in [3.8, 4) is 11.3 Å². The molecule has 1 aliphatic rings. The average molecular weight is 440 g/mol. The Kier molecular flexibility index (Phi) is 4.54. The Morgan fingerprint density at radius 1 is 1.19 bits per heavy atom. The first-order valence-electron chi connectivity index (χ1n) is 10.1. The van der Waals surface area contributed by atoms with Crippen molar-refractivity contribution in [1.82, 2.24) is 29.0 Å². The van der Waals surface area contributed by atoms with Gasteiger partial charge < -0.3 is 4.90 Å². The fourth-order valence-corrected chi connectivity index (χ4v) is 4.43. The largest absolute Gasteiger partial charge is 0.328 e. The molecule has 164 valence electrons. The molecule has 0 aliphatic carbocycles. The number of fused-ring (bicyclic) bond motifs is 2. The monoisotopic (exact) mass is 440 g/mol. The molecular weight excluding hydrogens is 421 g/mol. The number of nitrogens with zero attached hydrogens (tertiary/aromatic N) is 6. The Morgan fingerprint density at radius 3 is 2.62 bits per heavy atom. The van der Waals surface area contributed by atoms with Crippen LogP contribution in [0.4, 0.5) is 13.2 Å². The number of aryl methyl sites for hydroxylation is 2. The van der Waals surface area contributed by atoms with Crippen LogP contribution < -0.4 is 0 Å². The molecule has 0 N–H and O–H groups in total. The number of amides is 1. The molecule has 0 fully saturated rings. The maximum Gasteiger partial charge on any atom is 0.276 e. The maximum absolute atomic E-state index is 13.8. The van der Waals surface area contributed by atoms with Gasteiger partial charge in [0.25, 0.3) is 5.91 Å². The number of rotatable bonds is 2. The van der Waals surface area contributed by atoms with Gasteiger partial charge in [0.2, 0.25) is 0 Å². The zero-order valence-electron chi connectivity index (χ0n) is 17.6. The molecule has 7 nitrogen and oxygen atoms in total. The number of carbonyl (C=O) groups excluding carboxylic acids is 1. The molecule has 1 aromatic carbocycles. The van der Waals surface area contributed by atoms with E-state index >= 15 is 0 Å². The van der Waals surface area contributed by atoms with E-state index in [1.807, 2.05) is 6.92 Å². The lowest BCUT2D eigenvalue weighted by atomic mass is 9.95. The quantitative estimate of drug-likeness (QED) is 0.447. The van der Waals surface area contributed by atoms with Crippen molar-refractivity contribution >= 4 is 11.6 Å². The number of hydrogen-bond acceptors (Lipinski definition) is 4. The van der Waals surface area contributed by atoms with Crippen molar-refractivity contribution in [2.24, 2.45) is 7.05 Å². The van der Waals surface area contributed by atoms with Crippen LogP contribution in [0.25, 0.3) is 16.9 Å².